The molecule has 0 spiro atoms. The molecule has 2 heterocycles. The van der Waals surface area contributed by atoms with Gasteiger partial charge in [-0.25, -0.2) is 4.98 Å². The van der Waals surface area contributed by atoms with Gasteiger partial charge in [-0.1, -0.05) is 24.3 Å². The molecule has 0 atom stereocenters. The van der Waals surface area contributed by atoms with E-state index in [1.165, 1.54) is 11.3 Å². The zero-order chi connectivity index (χ0) is 14.7. The Morgan fingerprint density at radius 1 is 1.24 bits per heavy atom. The third-order valence-electron chi connectivity index (χ3n) is 3.18. The fourth-order valence-corrected chi connectivity index (χ4v) is 2.70. The highest BCUT2D eigenvalue weighted by Crippen LogP contribution is 2.24. The van der Waals surface area contributed by atoms with Crippen molar-refractivity contribution in [2.24, 2.45) is 0 Å². The predicted molar refractivity (Wildman–Crippen MR) is 84.6 cm³/mol. The van der Waals surface area contributed by atoms with Gasteiger partial charge in [0, 0.05) is 29.7 Å². The van der Waals surface area contributed by atoms with Gasteiger partial charge in [-0.3, -0.25) is 9.78 Å². The Labute approximate surface area is 126 Å². The first-order valence-electron chi connectivity index (χ1n) is 6.50. The molecule has 3 aromatic rings. The smallest absolute Gasteiger partial charge is 0.253 e. The van der Waals surface area contributed by atoms with Crippen LogP contribution in [0.2, 0.25) is 0 Å². The van der Waals surface area contributed by atoms with Gasteiger partial charge in [-0.2, -0.15) is 0 Å². The van der Waals surface area contributed by atoms with E-state index < -0.39 is 0 Å². The number of nitrogens with zero attached hydrogens (tertiary/aromatic N) is 2. The van der Waals surface area contributed by atoms with E-state index in [1.54, 1.807) is 17.9 Å². The van der Waals surface area contributed by atoms with Crippen molar-refractivity contribution in [2.45, 2.75) is 6.54 Å². The molecule has 0 fully saturated rings. The van der Waals surface area contributed by atoms with Gasteiger partial charge in [0.15, 0.2) is 0 Å². The van der Waals surface area contributed by atoms with Crippen LogP contribution in [0.4, 0.5) is 5.82 Å². The highest BCUT2D eigenvalue weighted by molar-refractivity contribution is 7.09. The fourth-order valence-electron chi connectivity index (χ4n) is 2.16. The zero-order valence-electron chi connectivity index (χ0n) is 11.5. The molecule has 0 aliphatic heterocycles. The Bertz CT molecular complexity index is 770. The molecule has 0 aliphatic rings. The number of thiazole rings is 1. The Balaban J connectivity index is 1.91. The molecule has 0 unspecified atom stereocenters. The molecular weight excluding hydrogens is 284 g/mol. The van der Waals surface area contributed by atoms with Crippen molar-refractivity contribution in [3.05, 3.63) is 52.6 Å². The van der Waals surface area contributed by atoms with Crippen LogP contribution in [0.1, 0.15) is 15.2 Å². The molecule has 106 valence electrons. The van der Waals surface area contributed by atoms with E-state index >= 15 is 0 Å². The van der Waals surface area contributed by atoms with Crippen LogP contribution in [0.15, 0.2) is 42.2 Å². The second-order valence-electron chi connectivity index (χ2n) is 4.47. The fraction of sp³-hybridized carbons (Fsp3) is 0.133. The van der Waals surface area contributed by atoms with E-state index in [-0.39, 0.29) is 5.91 Å². The monoisotopic (exact) mass is 298 g/mol. The van der Waals surface area contributed by atoms with E-state index in [0.717, 1.165) is 21.5 Å². The minimum absolute atomic E-state index is 0.130. The lowest BCUT2D eigenvalue weighted by Crippen LogP contribution is -2.22. The van der Waals surface area contributed by atoms with Crippen LogP contribution in [-0.4, -0.2) is 22.9 Å². The number of pyridine rings is 1. The summed E-state index contributed by atoms with van der Waals surface area (Å²) >= 11 is 1.52. The number of carbonyl (C=O) groups excluding carboxylic acids is 1. The number of anilines is 1. The molecule has 2 aromatic heterocycles. The van der Waals surface area contributed by atoms with Crippen molar-refractivity contribution in [2.75, 3.05) is 12.4 Å². The maximum Gasteiger partial charge on any atom is 0.253 e. The van der Waals surface area contributed by atoms with Crippen molar-refractivity contribution in [3.63, 3.8) is 0 Å². The van der Waals surface area contributed by atoms with Gasteiger partial charge in [0.25, 0.3) is 5.91 Å². The first-order chi connectivity index (χ1) is 10.3. The summed E-state index contributed by atoms with van der Waals surface area (Å²) in [4.78, 5) is 21.7. The summed E-state index contributed by atoms with van der Waals surface area (Å²) < 4.78 is 0. The van der Waals surface area contributed by atoms with Crippen LogP contribution in [0.3, 0.4) is 0 Å². The highest BCUT2D eigenvalue weighted by Gasteiger charge is 2.12. The molecule has 5 nitrogen and oxygen atoms in total. The number of hydrogen-bond acceptors (Lipinski definition) is 5. The van der Waals surface area contributed by atoms with Gasteiger partial charge in [0.1, 0.15) is 5.82 Å². The van der Waals surface area contributed by atoms with Crippen molar-refractivity contribution in [3.8, 4) is 0 Å². The predicted octanol–water partition coefficient (Wildman–Crippen LogP) is 2.66. The number of benzene rings is 1. The minimum atomic E-state index is -0.130. The number of rotatable bonds is 4. The van der Waals surface area contributed by atoms with E-state index in [0.29, 0.717) is 12.1 Å². The van der Waals surface area contributed by atoms with Crippen LogP contribution in [-0.2, 0) is 6.54 Å². The average molecular weight is 298 g/mol. The molecule has 2 N–H and O–H groups in total. The molecule has 6 heteroatoms. The van der Waals surface area contributed by atoms with Gasteiger partial charge in [-0.05, 0) is 5.39 Å². The van der Waals surface area contributed by atoms with E-state index in [4.69, 9.17) is 0 Å². The normalized spacial score (nSPS) is 10.5. The number of nitrogens with one attached hydrogen (secondary N) is 2. The zero-order valence-corrected chi connectivity index (χ0v) is 12.3. The molecule has 21 heavy (non-hydrogen) atoms. The molecule has 1 aromatic carbocycles. The summed E-state index contributed by atoms with van der Waals surface area (Å²) in [6, 6.07) is 7.74. The summed E-state index contributed by atoms with van der Waals surface area (Å²) in [5.41, 5.74) is 2.33. The molecule has 3 rings (SSSR count). The Morgan fingerprint density at radius 3 is 2.76 bits per heavy atom. The van der Waals surface area contributed by atoms with Crippen LogP contribution in [0.5, 0.6) is 0 Å². The second kappa shape index (κ2) is 5.88. The topological polar surface area (TPSA) is 66.9 Å². The number of fused-ring (bicyclic) bond motifs is 1. The Kier molecular flexibility index (Phi) is 3.79. The van der Waals surface area contributed by atoms with E-state index in [9.17, 15) is 4.79 Å². The number of carbonyl (C=O) groups is 1. The van der Waals surface area contributed by atoms with Gasteiger partial charge < -0.3 is 10.6 Å². The van der Waals surface area contributed by atoms with E-state index in [1.807, 2.05) is 31.3 Å². The number of amides is 1. The van der Waals surface area contributed by atoms with Crippen LogP contribution in [0, 0.1) is 0 Å². The number of aromatic nitrogens is 2. The maximum absolute atomic E-state index is 12.4. The third kappa shape index (κ3) is 2.71. The maximum atomic E-state index is 12.4. The molecule has 0 radical (unpaired) electrons. The molecule has 0 aliphatic carbocycles. The summed E-state index contributed by atoms with van der Waals surface area (Å²) in [7, 11) is 1.82. The lowest BCUT2D eigenvalue weighted by Gasteiger charge is -2.10. The quantitative estimate of drug-likeness (QED) is 0.777. The highest BCUT2D eigenvalue weighted by atomic mass is 32.1. The minimum Gasteiger partial charge on any atom is -0.373 e. The average Bonchev–Trinajstić information content (AvgIpc) is 3.05. The van der Waals surface area contributed by atoms with Crippen LogP contribution < -0.4 is 10.6 Å². The molecule has 0 saturated carbocycles. The largest absolute Gasteiger partial charge is 0.373 e. The van der Waals surface area contributed by atoms with Crippen molar-refractivity contribution in [1.29, 1.82) is 0 Å². The van der Waals surface area contributed by atoms with Crippen LogP contribution >= 0.6 is 11.3 Å². The summed E-state index contributed by atoms with van der Waals surface area (Å²) in [5, 5.41) is 7.77. The SMILES string of the molecule is CNc1ncc(C(=O)NCc2cncs2)c2ccccc12. The lowest BCUT2D eigenvalue weighted by molar-refractivity contribution is 0.0952. The first-order valence-corrected chi connectivity index (χ1v) is 7.38. The second-order valence-corrected chi connectivity index (χ2v) is 5.44. The molecule has 0 bridgehead atoms. The van der Waals surface area contributed by atoms with Crippen molar-refractivity contribution >= 4 is 33.8 Å². The first kappa shape index (κ1) is 13.5. The summed E-state index contributed by atoms with van der Waals surface area (Å²) in [5.74, 6) is 0.638. The van der Waals surface area contributed by atoms with Crippen molar-refractivity contribution in [1.82, 2.24) is 15.3 Å². The molecular formula is C15H14N4OS. The Hall–Kier alpha value is -2.47. The van der Waals surface area contributed by atoms with Gasteiger partial charge in [0.05, 0.1) is 17.6 Å². The van der Waals surface area contributed by atoms with E-state index in [2.05, 4.69) is 20.6 Å². The van der Waals surface area contributed by atoms with Gasteiger partial charge >= 0.3 is 0 Å². The van der Waals surface area contributed by atoms with Crippen LogP contribution in [0.25, 0.3) is 10.8 Å². The lowest BCUT2D eigenvalue weighted by atomic mass is 10.1. The Morgan fingerprint density at radius 2 is 2.05 bits per heavy atom. The third-order valence-corrected chi connectivity index (χ3v) is 3.96. The summed E-state index contributed by atoms with van der Waals surface area (Å²) in [6.45, 7) is 0.478. The van der Waals surface area contributed by atoms with Gasteiger partial charge in [0.2, 0.25) is 0 Å². The van der Waals surface area contributed by atoms with Gasteiger partial charge in [-0.15, -0.1) is 11.3 Å². The molecule has 1 amide bonds. The summed E-state index contributed by atoms with van der Waals surface area (Å²) in [6.07, 6.45) is 3.36. The standard InChI is InChI=1S/C15H14N4OS/c1-16-14-12-5-3-2-4-11(12)13(8-18-14)15(20)19-7-10-6-17-9-21-10/h2-6,8-9H,7H2,1H3,(H,16,18)(H,19,20). The number of hydrogen-bond donors (Lipinski definition) is 2. The van der Waals surface area contributed by atoms with Crippen molar-refractivity contribution < 1.29 is 4.79 Å². The molecule has 0 saturated heterocycles.